The number of nitrogens with zero attached hydrogens (tertiary/aromatic N) is 4. The van der Waals surface area contributed by atoms with Crippen molar-refractivity contribution in [3.8, 4) is 0 Å². The van der Waals surface area contributed by atoms with Crippen molar-refractivity contribution in [3.63, 3.8) is 0 Å². The number of rotatable bonds is 2. The van der Waals surface area contributed by atoms with Crippen LogP contribution in [0.2, 0.25) is 0 Å². The van der Waals surface area contributed by atoms with Gasteiger partial charge >= 0.3 is 0 Å². The number of aryl methyl sites for hydroxylation is 2. The van der Waals surface area contributed by atoms with Gasteiger partial charge in [-0.2, -0.15) is 0 Å². The molecule has 2 aliphatic rings. The Morgan fingerprint density at radius 1 is 1.00 bits per heavy atom. The molecule has 1 fully saturated rings. The first-order valence-corrected chi connectivity index (χ1v) is 11.3. The molecule has 0 saturated carbocycles. The Balaban J connectivity index is 1.61. The van der Waals surface area contributed by atoms with Crippen LogP contribution in [0, 0.1) is 12.8 Å². The molecule has 2 aromatic heterocycles. The maximum absolute atomic E-state index is 13.2. The predicted octanol–water partition coefficient (Wildman–Crippen LogP) is 2.43. The second-order valence-corrected chi connectivity index (χ2v) is 9.30. The molecule has 8 heteroatoms. The van der Waals surface area contributed by atoms with Gasteiger partial charge in [0.05, 0.1) is 10.3 Å². The topological polar surface area (TPSA) is 75.5 Å². The van der Waals surface area contributed by atoms with Crippen LogP contribution in [0.15, 0.2) is 4.79 Å². The summed E-state index contributed by atoms with van der Waals surface area (Å²) in [5.41, 5.74) is 0.736. The Labute approximate surface area is 174 Å². The predicted molar refractivity (Wildman–Crippen MR) is 113 cm³/mol. The summed E-state index contributed by atoms with van der Waals surface area (Å²) in [5, 5.41) is 0.595. The van der Waals surface area contributed by atoms with E-state index in [9.17, 15) is 14.4 Å². The lowest BCUT2D eigenvalue weighted by Gasteiger charge is -2.35. The third-order valence-corrected chi connectivity index (χ3v) is 7.15. The highest BCUT2D eigenvalue weighted by molar-refractivity contribution is 7.20. The fraction of sp³-hybridized carbons (Fsp3) is 0.619. The van der Waals surface area contributed by atoms with Gasteiger partial charge in [-0.3, -0.25) is 19.0 Å². The van der Waals surface area contributed by atoms with Crippen molar-refractivity contribution in [2.75, 3.05) is 26.2 Å². The van der Waals surface area contributed by atoms with Gasteiger partial charge in [-0.05, 0) is 25.3 Å². The maximum Gasteiger partial charge on any atom is 0.264 e. The van der Waals surface area contributed by atoms with E-state index in [0.717, 1.165) is 37.1 Å². The molecule has 29 heavy (non-hydrogen) atoms. The first-order chi connectivity index (χ1) is 13.9. The average Bonchev–Trinajstić information content (AvgIpc) is 2.88. The van der Waals surface area contributed by atoms with Crippen molar-refractivity contribution in [1.29, 1.82) is 0 Å². The highest BCUT2D eigenvalue weighted by Gasteiger charge is 2.29. The lowest BCUT2D eigenvalue weighted by atomic mass is 10.1. The van der Waals surface area contributed by atoms with Crippen LogP contribution in [-0.4, -0.2) is 57.3 Å². The smallest absolute Gasteiger partial charge is 0.264 e. The van der Waals surface area contributed by atoms with Gasteiger partial charge in [0.2, 0.25) is 5.91 Å². The molecule has 0 unspecified atom stereocenters. The highest BCUT2D eigenvalue weighted by atomic mass is 32.1. The summed E-state index contributed by atoms with van der Waals surface area (Å²) >= 11 is 1.34. The fourth-order valence-electron chi connectivity index (χ4n) is 4.25. The van der Waals surface area contributed by atoms with Crippen LogP contribution < -0.4 is 5.56 Å². The van der Waals surface area contributed by atoms with Gasteiger partial charge in [-0.15, -0.1) is 11.3 Å². The third kappa shape index (κ3) is 3.58. The van der Waals surface area contributed by atoms with Crippen LogP contribution in [0.5, 0.6) is 0 Å². The van der Waals surface area contributed by atoms with E-state index in [2.05, 4.69) is 0 Å². The van der Waals surface area contributed by atoms with Gasteiger partial charge in [-0.1, -0.05) is 20.3 Å². The molecule has 0 N–H and O–H groups in total. The Hall–Kier alpha value is -2.22. The summed E-state index contributed by atoms with van der Waals surface area (Å²) in [6, 6.07) is 0. The molecule has 0 aliphatic carbocycles. The molecule has 4 rings (SSSR count). The standard InChI is InChI=1S/C21H28N4O3S/c1-13(2)19(26)23-9-11-24(12-10-23)21(28)17-14(3)16-18(29-17)22-15-7-5-4-6-8-25(15)20(16)27/h13H,4-12H2,1-3H3. The van der Waals surface area contributed by atoms with E-state index in [1.165, 1.54) is 11.3 Å². The molecular formula is C21H28N4O3S. The van der Waals surface area contributed by atoms with E-state index in [1.54, 1.807) is 9.47 Å². The van der Waals surface area contributed by atoms with Crippen molar-refractivity contribution in [3.05, 3.63) is 26.6 Å². The van der Waals surface area contributed by atoms with E-state index in [0.29, 0.717) is 47.8 Å². The lowest BCUT2D eigenvalue weighted by molar-refractivity contribution is -0.135. The van der Waals surface area contributed by atoms with Gasteiger partial charge < -0.3 is 9.80 Å². The fourth-order valence-corrected chi connectivity index (χ4v) is 5.41. The zero-order valence-corrected chi connectivity index (χ0v) is 18.2. The minimum Gasteiger partial charge on any atom is -0.339 e. The van der Waals surface area contributed by atoms with E-state index >= 15 is 0 Å². The van der Waals surface area contributed by atoms with Crippen molar-refractivity contribution in [2.24, 2.45) is 5.92 Å². The second-order valence-electron chi connectivity index (χ2n) is 8.30. The molecule has 0 atom stereocenters. The number of fused-ring (bicyclic) bond motifs is 2. The molecule has 156 valence electrons. The summed E-state index contributed by atoms with van der Waals surface area (Å²) in [7, 11) is 0. The summed E-state index contributed by atoms with van der Waals surface area (Å²) < 4.78 is 1.81. The number of aromatic nitrogens is 2. The lowest BCUT2D eigenvalue weighted by Crippen LogP contribution is -2.51. The quantitative estimate of drug-likeness (QED) is 0.754. The van der Waals surface area contributed by atoms with Crippen molar-refractivity contribution < 1.29 is 9.59 Å². The van der Waals surface area contributed by atoms with Crippen molar-refractivity contribution in [1.82, 2.24) is 19.4 Å². The Morgan fingerprint density at radius 3 is 2.38 bits per heavy atom. The molecule has 7 nitrogen and oxygen atoms in total. The number of piperazine rings is 1. The SMILES string of the molecule is Cc1c(C(=O)N2CCN(C(=O)C(C)C)CC2)sc2nc3n(c(=O)c12)CCCCC3. The van der Waals surface area contributed by atoms with Crippen LogP contribution >= 0.6 is 11.3 Å². The largest absolute Gasteiger partial charge is 0.339 e. The first kappa shape index (κ1) is 20.1. The van der Waals surface area contributed by atoms with Gasteiger partial charge in [0.1, 0.15) is 10.7 Å². The molecule has 4 heterocycles. The number of carbonyl (C=O) groups excluding carboxylic acids is 2. The minimum atomic E-state index is -0.0539. The molecule has 1 saturated heterocycles. The van der Waals surface area contributed by atoms with Gasteiger partial charge in [0.15, 0.2) is 0 Å². The third-order valence-electron chi connectivity index (χ3n) is 5.98. The van der Waals surface area contributed by atoms with Crippen LogP contribution in [0.4, 0.5) is 0 Å². The molecular weight excluding hydrogens is 388 g/mol. The first-order valence-electron chi connectivity index (χ1n) is 10.5. The maximum atomic E-state index is 13.2. The summed E-state index contributed by atoms with van der Waals surface area (Å²) in [4.78, 5) is 48.1. The number of hydrogen-bond donors (Lipinski definition) is 0. The van der Waals surface area contributed by atoms with E-state index in [-0.39, 0.29) is 23.3 Å². The average molecular weight is 417 g/mol. The second kappa shape index (κ2) is 7.89. The molecule has 0 bridgehead atoms. The Morgan fingerprint density at radius 2 is 1.69 bits per heavy atom. The van der Waals surface area contributed by atoms with E-state index < -0.39 is 0 Å². The van der Waals surface area contributed by atoms with Gasteiger partial charge in [0.25, 0.3) is 11.5 Å². The van der Waals surface area contributed by atoms with Crippen molar-refractivity contribution >= 4 is 33.4 Å². The monoisotopic (exact) mass is 416 g/mol. The zero-order valence-electron chi connectivity index (χ0n) is 17.4. The zero-order chi connectivity index (χ0) is 20.7. The van der Waals surface area contributed by atoms with Crippen LogP contribution in [-0.2, 0) is 17.8 Å². The molecule has 2 aromatic rings. The highest BCUT2D eigenvalue weighted by Crippen LogP contribution is 2.29. The molecule has 0 aromatic carbocycles. The molecule has 2 amide bonds. The summed E-state index contributed by atoms with van der Waals surface area (Å²) in [5.74, 6) is 0.896. The summed E-state index contributed by atoms with van der Waals surface area (Å²) in [6.45, 7) is 8.52. The van der Waals surface area contributed by atoms with Crippen molar-refractivity contribution in [2.45, 2.75) is 53.0 Å². The molecule has 0 radical (unpaired) electrons. The Kier molecular flexibility index (Phi) is 5.46. The number of carbonyl (C=O) groups is 2. The van der Waals surface area contributed by atoms with Gasteiger partial charge in [-0.25, -0.2) is 4.98 Å². The molecule has 0 spiro atoms. The summed E-state index contributed by atoms with van der Waals surface area (Å²) in [6.07, 6.45) is 3.98. The number of thiophene rings is 1. The van der Waals surface area contributed by atoms with Crippen LogP contribution in [0.1, 0.15) is 54.2 Å². The Bertz CT molecular complexity index is 1020. The number of amides is 2. The van der Waals surface area contributed by atoms with Crippen LogP contribution in [0.3, 0.4) is 0 Å². The van der Waals surface area contributed by atoms with Crippen LogP contribution in [0.25, 0.3) is 10.2 Å². The molecule has 2 aliphatic heterocycles. The van der Waals surface area contributed by atoms with E-state index in [1.807, 2.05) is 25.7 Å². The minimum absolute atomic E-state index is 0.00736. The van der Waals surface area contributed by atoms with Gasteiger partial charge in [0, 0.05) is 45.1 Å². The number of hydrogen-bond acceptors (Lipinski definition) is 5. The normalized spacial score (nSPS) is 17.5. The van der Waals surface area contributed by atoms with E-state index in [4.69, 9.17) is 4.98 Å².